The van der Waals surface area contributed by atoms with E-state index in [0.717, 1.165) is 51.7 Å². The van der Waals surface area contributed by atoms with Crippen LogP contribution in [0.4, 0.5) is 0 Å². The Kier molecular flexibility index (Phi) is 11.8. The van der Waals surface area contributed by atoms with Gasteiger partial charge in [0.25, 0.3) is 0 Å². The predicted molar refractivity (Wildman–Crippen MR) is 90.8 cm³/mol. The fourth-order valence-electron chi connectivity index (χ4n) is 2.70. The number of carbonyl (C=O) groups is 2. The Morgan fingerprint density at radius 2 is 1.88 bits per heavy atom. The molecule has 0 aromatic heterocycles. The highest BCUT2D eigenvalue weighted by molar-refractivity contribution is 6.27. The van der Waals surface area contributed by atoms with Crippen molar-refractivity contribution < 1.29 is 29.6 Å². The molecule has 1 saturated heterocycles. The number of carboxylic acid groups (broad SMARTS) is 2. The zero-order chi connectivity index (χ0) is 19.3. The summed E-state index contributed by atoms with van der Waals surface area (Å²) in [6.07, 6.45) is 5.92. The quantitative estimate of drug-likeness (QED) is 0.442. The molecule has 1 aliphatic heterocycles. The largest absolute Gasteiger partial charge is 0.473 e. The van der Waals surface area contributed by atoms with Crippen LogP contribution < -0.4 is 0 Å². The highest BCUT2D eigenvalue weighted by atomic mass is 16.6. The summed E-state index contributed by atoms with van der Waals surface area (Å²) in [5, 5.41) is 33.9. The Balaban J connectivity index is 0.000000823. The van der Waals surface area contributed by atoms with Gasteiger partial charge in [-0.25, -0.2) is 9.59 Å². The minimum Gasteiger partial charge on any atom is -0.473 e. The fraction of sp³-hybridized carbons (Fsp3) is 0.824. The number of rotatable bonds is 8. The smallest absolute Gasteiger partial charge is 0.414 e. The molecule has 3 N–H and O–H groups in total. The topological polar surface area (TPSA) is 131 Å². The van der Waals surface area contributed by atoms with Crippen LogP contribution in [0, 0.1) is 11.3 Å². The van der Waals surface area contributed by atoms with E-state index < -0.39 is 17.7 Å². The lowest BCUT2D eigenvalue weighted by Gasteiger charge is -2.38. The number of nitriles is 1. The first-order valence-corrected chi connectivity index (χ1v) is 8.73. The van der Waals surface area contributed by atoms with Crippen LogP contribution in [-0.4, -0.2) is 63.7 Å². The van der Waals surface area contributed by atoms with Crippen molar-refractivity contribution in [2.24, 2.45) is 0 Å². The van der Waals surface area contributed by atoms with E-state index in [-0.39, 0.29) is 6.10 Å². The number of unbranched alkanes of at least 4 members (excludes halogenated alkanes) is 1. The van der Waals surface area contributed by atoms with Crippen molar-refractivity contribution in [1.29, 1.82) is 5.26 Å². The number of carboxylic acids is 2. The maximum absolute atomic E-state index is 10.5. The van der Waals surface area contributed by atoms with Gasteiger partial charge in [0.1, 0.15) is 0 Å². The fourth-order valence-corrected chi connectivity index (χ4v) is 2.70. The maximum Gasteiger partial charge on any atom is 0.414 e. The Morgan fingerprint density at radius 1 is 1.28 bits per heavy atom. The van der Waals surface area contributed by atoms with Crippen LogP contribution in [0.5, 0.6) is 0 Å². The van der Waals surface area contributed by atoms with Gasteiger partial charge >= 0.3 is 11.9 Å². The van der Waals surface area contributed by atoms with Crippen molar-refractivity contribution >= 4 is 11.9 Å². The summed E-state index contributed by atoms with van der Waals surface area (Å²) in [5.74, 6) is -4.59. The summed E-state index contributed by atoms with van der Waals surface area (Å²) >= 11 is 0. The van der Waals surface area contributed by atoms with Gasteiger partial charge in [-0.1, -0.05) is 13.8 Å². The summed E-state index contributed by atoms with van der Waals surface area (Å²) in [7, 11) is 0. The lowest BCUT2D eigenvalue weighted by Crippen LogP contribution is -2.43. The molecule has 1 rings (SSSR count). The Bertz CT molecular complexity index is 435. The molecule has 0 aromatic rings. The summed E-state index contributed by atoms with van der Waals surface area (Å²) in [4.78, 5) is 20.5. The summed E-state index contributed by atoms with van der Waals surface area (Å²) in [6.45, 7) is 7.19. The third kappa shape index (κ3) is 10.7. The second-order valence-corrected chi connectivity index (χ2v) is 6.02. The van der Waals surface area contributed by atoms with Gasteiger partial charge in [0.15, 0.2) is 5.79 Å². The van der Waals surface area contributed by atoms with Gasteiger partial charge < -0.3 is 25.0 Å². The zero-order valence-corrected chi connectivity index (χ0v) is 15.1. The van der Waals surface area contributed by atoms with Crippen LogP contribution in [-0.2, 0) is 14.3 Å². The molecule has 1 fully saturated rings. The van der Waals surface area contributed by atoms with E-state index in [2.05, 4.69) is 24.8 Å². The molecule has 0 saturated carbocycles. The highest BCUT2D eigenvalue weighted by Gasteiger charge is 2.34. The number of aliphatic hydroxyl groups is 1. The average molecular weight is 358 g/mol. The molecule has 8 nitrogen and oxygen atoms in total. The predicted octanol–water partition coefficient (Wildman–Crippen LogP) is 1.83. The van der Waals surface area contributed by atoms with E-state index in [1.165, 1.54) is 0 Å². The van der Waals surface area contributed by atoms with E-state index in [4.69, 9.17) is 29.8 Å². The van der Waals surface area contributed by atoms with Crippen molar-refractivity contribution in [3.8, 4) is 6.07 Å². The van der Waals surface area contributed by atoms with E-state index in [1.807, 2.05) is 0 Å². The van der Waals surface area contributed by atoms with Gasteiger partial charge in [0.2, 0.25) is 0 Å². The van der Waals surface area contributed by atoms with E-state index >= 15 is 0 Å². The van der Waals surface area contributed by atoms with Crippen LogP contribution in [0.2, 0.25) is 0 Å². The molecule has 0 bridgehead atoms. The first-order chi connectivity index (χ1) is 11.8. The van der Waals surface area contributed by atoms with Gasteiger partial charge in [-0.15, -0.1) is 0 Å². The van der Waals surface area contributed by atoms with E-state index in [0.29, 0.717) is 12.8 Å². The molecule has 0 radical (unpaired) electrons. The van der Waals surface area contributed by atoms with E-state index in [9.17, 15) is 5.11 Å². The van der Waals surface area contributed by atoms with Crippen molar-refractivity contribution in [2.45, 2.75) is 70.7 Å². The monoisotopic (exact) mass is 358 g/mol. The first kappa shape index (κ1) is 23.3. The number of ether oxygens (including phenoxy) is 1. The molecule has 144 valence electrons. The van der Waals surface area contributed by atoms with Crippen LogP contribution in [0.15, 0.2) is 0 Å². The van der Waals surface area contributed by atoms with Gasteiger partial charge in [-0.3, -0.25) is 0 Å². The van der Waals surface area contributed by atoms with Crippen LogP contribution in [0.1, 0.15) is 58.8 Å². The van der Waals surface area contributed by atoms with Gasteiger partial charge in [-0.05, 0) is 38.8 Å². The SMILES string of the molecule is CCN(CC)CCC1(O)CCCC(CCCC#N)O1.O=C(O)C(=O)O. The molecule has 0 aromatic carbocycles. The summed E-state index contributed by atoms with van der Waals surface area (Å²) < 4.78 is 5.88. The van der Waals surface area contributed by atoms with Crippen molar-refractivity contribution in [2.75, 3.05) is 19.6 Å². The van der Waals surface area contributed by atoms with Crippen molar-refractivity contribution in [3.63, 3.8) is 0 Å². The van der Waals surface area contributed by atoms with Crippen LogP contribution in [0.3, 0.4) is 0 Å². The molecule has 2 atom stereocenters. The number of aliphatic carboxylic acids is 2. The lowest BCUT2D eigenvalue weighted by atomic mass is 9.96. The Morgan fingerprint density at radius 3 is 2.36 bits per heavy atom. The van der Waals surface area contributed by atoms with Crippen molar-refractivity contribution in [3.05, 3.63) is 0 Å². The Hall–Kier alpha value is -1.69. The molecule has 8 heteroatoms. The first-order valence-electron chi connectivity index (χ1n) is 8.73. The minimum atomic E-state index is -1.82. The van der Waals surface area contributed by atoms with Gasteiger partial charge in [0.05, 0.1) is 12.2 Å². The van der Waals surface area contributed by atoms with Crippen LogP contribution in [0.25, 0.3) is 0 Å². The standard InChI is InChI=1S/C15H28N2O2.C2H2O4/c1-3-17(4-2)13-11-15(18)10-7-9-14(19-15)8-5-6-12-16;3-1(4)2(5)6/h14,18H,3-11,13H2,1-2H3;(H,3,4)(H,5,6). The highest BCUT2D eigenvalue weighted by Crippen LogP contribution is 2.31. The molecule has 2 unspecified atom stereocenters. The molecular weight excluding hydrogens is 328 g/mol. The zero-order valence-electron chi connectivity index (χ0n) is 15.1. The average Bonchev–Trinajstić information content (AvgIpc) is 2.56. The number of hydrogen-bond acceptors (Lipinski definition) is 6. The Labute approximate surface area is 149 Å². The van der Waals surface area contributed by atoms with Gasteiger partial charge in [-0.2, -0.15) is 5.26 Å². The third-order valence-electron chi connectivity index (χ3n) is 4.19. The van der Waals surface area contributed by atoms with Crippen molar-refractivity contribution in [1.82, 2.24) is 4.90 Å². The summed E-state index contributed by atoms with van der Waals surface area (Å²) in [5.41, 5.74) is 0. The van der Waals surface area contributed by atoms with Crippen LogP contribution >= 0.6 is 0 Å². The van der Waals surface area contributed by atoms with E-state index in [1.54, 1.807) is 0 Å². The molecule has 25 heavy (non-hydrogen) atoms. The second-order valence-electron chi connectivity index (χ2n) is 6.02. The molecular formula is C17H30N2O6. The second kappa shape index (κ2) is 12.6. The molecule has 0 amide bonds. The lowest BCUT2D eigenvalue weighted by molar-refractivity contribution is -0.258. The van der Waals surface area contributed by atoms with Gasteiger partial charge in [0, 0.05) is 25.8 Å². The maximum atomic E-state index is 10.5. The third-order valence-corrected chi connectivity index (χ3v) is 4.19. The normalized spacial score (nSPS) is 22.6. The number of hydrogen-bond donors (Lipinski definition) is 3. The minimum absolute atomic E-state index is 0.129. The summed E-state index contributed by atoms with van der Waals surface area (Å²) in [6, 6.07) is 2.16. The molecule has 1 heterocycles. The number of nitrogens with zero attached hydrogens (tertiary/aromatic N) is 2. The molecule has 0 spiro atoms. The molecule has 0 aliphatic carbocycles. The molecule has 1 aliphatic rings.